The molecule has 5 heteroatoms. The van der Waals surface area contributed by atoms with Crippen molar-refractivity contribution in [1.29, 1.82) is 0 Å². The number of hydrogen-bond acceptors (Lipinski definition) is 5. The lowest BCUT2D eigenvalue weighted by molar-refractivity contribution is -0.132. The van der Waals surface area contributed by atoms with Crippen LogP contribution in [-0.2, 0) is 4.79 Å². The third-order valence-electron chi connectivity index (χ3n) is 5.50. The minimum Gasteiger partial charge on any atom is -0.493 e. The number of carbonyl (C=O) groups excluding carboxylic acids is 1. The van der Waals surface area contributed by atoms with E-state index in [9.17, 15) is 4.79 Å². The van der Waals surface area contributed by atoms with E-state index in [1.165, 1.54) is 12.5 Å². The summed E-state index contributed by atoms with van der Waals surface area (Å²) in [6, 6.07) is 12.1. The van der Waals surface area contributed by atoms with E-state index < -0.39 is 0 Å². The maximum atomic E-state index is 11.3. The van der Waals surface area contributed by atoms with E-state index in [0.29, 0.717) is 29.9 Å². The van der Waals surface area contributed by atoms with Crippen molar-refractivity contribution in [2.75, 3.05) is 19.0 Å². The second-order valence-electron chi connectivity index (χ2n) is 7.33. The highest BCUT2D eigenvalue weighted by atomic mass is 16.6. The second kappa shape index (κ2) is 8.03. The van der Waals surface area contributed by atoms with Gasteiger partial charge in [0.05, 0.1) is 13.2 Å². The number of allylic oxidation sites excluding steroid dienone is 2. The number of ether oxygens (including phenoxy) is 3. The van der Waals surface area contributed by atoms with E-state index >= 15 is 0 Å². The Morgan fingerprint density at radius 1 is 1.24 bits per heavy atom. The van der Waals surface area contributed by atoms with E-state index in [0.717, 1.165) is 23.4 Å². The minimum absolute atomic E-state index is 0.128. The van der Waals surface area contributed by atoms with Gasteiger partial charge in [-0.25, -0.2) is 0 Å². The molecule has 5 nitrogen and oxygen atoms in total. The molecule has 1 aliphatic carbocycles. The number of methoxy groups -OCH3 is 1. The molecule has 0 bridgehead atoms. The lowest BCUT2D eigenvalue weighted by atomic mass is 9.77. The molecule has 0 radical (unpaired) electrons. The van der Waals surface area contributed by atoms with E-state index in [-0.39, 0.29) is 12.0 Å². The van der Waals surface area contributed by atoms with Crippen LogP contribution in [0.2, 0.25) is 0 Å². The van der Waals surface area contributed by atoms with Crippen molar-refractivity contribution >= 4 is 11.7 Å². The maximum Gasteiger partial charge on any atom is 0.308 e. The molecule has 2 aliphatic rings. The van der Waals surface area contributed by atoms with Crippen molar-refractivity contribution in [3.8, 4) is 17.2 Å². The molecular formula is C24H25NO4. The summed E-state index contributed by atoms with van der Waals surface area (Å²) >= 11 is 0. The molecule has 1 heterocycles. The Morgan fingerprint density at radius 3 is 2.86 bits per heavy atom. The molecule has 0 saturated carbocycles. The molecule has 4 rings (SSSR count). The molecule has 3 unspecified atom stereocenters. The van der Waals surface area contributed by atoms with Crippen molar-refractivity contribution in [3.05, 3.63) is 72.3 Å². The van der Waals surface area contributed by atoms with Crippen molar-refractivity contribution in [3.63, 3.8) is 0 Å². The van der Waals surface area contributed by atoms with Crippen LogP contribution in [0.1, 0.15) is 36.4 Å². The van der Waals surface area contributed by atoms with Crippen LogP contribution in [-0.4, -0.2) is 19.7 Å². The maximum absolute atomic E-state index is 11.3. The SMILES string of the molecule is C=CCOc1ccc2c(c1)C1C=CCC1C(c1ccc(OC(C)=O)c(OC)c1)N2. The van der Waals surface area contributed by atoms with E-state index in [1.807, 2.05) is 18.2 Å². The number of rotatable bonds is 6. The number of fused-ring (bicyclic) bond motifs is 3. The Hall–Kier alpha value is -3.21. The molecular weight excluding hydrogens is 366 g/mol. The van der Waals surface area contributed by atoms with Crippen LogP contribution in [0, 0.1) is 5.92 Å². The Balaban J connectivity index is 1.67. The molecule has 3 atom stereocenters. The number of nitrogens with one attached hydrogen (secondary N) is 1. The molecule has 0 aromatic heterocycles. The van der Waals surface area contributed by atoms with Crippen LogP contribution in [0.15, 0.2) is 61.2 Å². The first-order valence-electron chi connectivity index (χ1n) is 9.78. The summed E-state index contributed by atoms with van der Waals surface area (Å²) in [5.41, 5.74) is 3.47. The van der Waals surface area contributed by atoms with Gasteiger partial charge in [-0.2, -0.15) is 0 Å². The first kappa shape index (κ1) is 19.1. The summed E-state index contributed by atoms with van der Waals surface area (Å²) in [5, 5.41) is 3.70. The molecule has 150 valence electrons. The smallest absolute Gasteiger partial charge is 0.308 e. The number of hydrogen-bond donors (Lipinski definition) is 1. The van der Waals surface area contributed by atoms with Crippen LogP contribution >= 0.6 is 0 Å². The van der Waals surface area contributed by atoms with E-state index in [1.54, 1.807) is 19.3 Å². The minimum atomic E-state index is -0.365. The second-order valence-corrected chi connectivity index (χ2v) is 7.33. The predicted octanol–water partition coefficient (Wildman–Crippen LogP) is 5.01. The van der Waals surface area contributed by atoms with Crippen LogP contribution < -0.4 is 19.5 Å². The summed E-state index contributed by atoms with van der Waals surface area (Å²) in [5.74, 6) is 2.20. The molecule has 0 amide bonds. The molecule has 29 heavy (non-hydrogen) atoms. The van der Waals surface area contributed by atoms with Gasteiger partial charge < -0.3 is 19.5 Å². The van der Waals surface area contributed by atoms with E-state index in [2.05, 4.69) is 36.2 Å². The lowest BCUT2D eigenvalue weighted by Crippen LogP contribution is -2.29. The summed E-state index contributed by atoms with van der Waals surface area (Å²) in [6.07, 6.45) is 7.28. The monoisotopic (exact) mass is 391 g/mol. The molecule has 1 aliphatic heterocycles. The van der Waals surface area contributed by atoms with E-state index in [4.69, 9.17) is 14.2 Å². The first-order chi connectivity index (χ1) is 14.1. The molecule has 1 N–H and O–H groups in total. The highest BCUT2D eigenvalue weighted by Gasteiger charge is 2.38. The van der Waals surface area contributed by atoms with Crippen LogP contribution in [0.4, 0.5) is 5.69 Å². The molecule has 0 spiro atoms. The van der Waals surface area contributed by atoms with Gasteiger partial charge in [-0.15, -0.1) is 0 Å². The highest BCUT2D eigenvalue weighted by Crippen LogP contribution is 2.51. The molecule has 0 fully saturated rings. The van der Waals surface area contributed by atoms with Gasteiger partial charge in [0.15, 0.2) is 11.5 Å². The number of anilines is 1. The lowest BCUT2D eigenvalue weighted by Gasteiger charge is -2.37. The van der Waals surface area contributed by atoms with Crippen molar-refractivity contribution < 1.29 is 19.0 Å². The Kier molecular flexibility index (Phi) is 5.30. The van der Waals surface area contributed by atoms with Crippen LogP contribution in [0.3, 0.4) is 0 Å². The fourth-order valence-corrected chi connectivity index (χ4v) is 4.26. The van der Waals surface area contributed by atoms with Gasteiger partial charge >= 0.3 is 5.97 Å². The number of carbonyl (C=O) groups is 1. The predicted molar refractivity (Wildman–Crippen MR) is 113 cm³/mol. The van der Waals surface area contributed by atoms with Crippen molar-refractivity contribution in [2.45, 2.75) is 25.3 Å². The Bertz CT molecular complexity index is 965. The normalized spacial score (nSPS) is 21.5. The zero-order valence-electron chi connectivity index (χ0n) is 16.7. The molecule has 2 aromatic carbocycles. The number of benzene rings is 2. The molecule has 2 aromatic rings. The third kappa shape index (κ3) is 3.73. The fraction of sp³-hybridized carbons (Fsp3) is 0.292. The van der Waals surface area contributed by atoms with Gasteiger partial charge in [-0.3, -0.25) is 4.79 Å². The van der Waals surface area contributed by atoms with Gasteiger partial charge in [-0.05, 0) is 53.8 Å². The van der Waals surface area contributed by atoms with Crippen molar-refractivity contribution in [2.24, 2.45) is 5.92 Å². The van der Waals surface area contributed by atoms with Gasteiger partial charge in [-0.1, -0.05) is 30.9 Å². The zero-order valence-corrected chi connectivity index (χ0v) is 16.7. The quantitative estimate of drug-likeness (QED) is 0.426. The molecule has 0 saturated heterocycles. The van der Waals surface area contributed by atoms with Crippen LogP contribution in [0.25, 0.3) is 0 Å². The average Bonchev–Trinajstić information content (AvgIpc) is 3.22. The Labute approximate surface area is 171 Å². The largest absolute Gasteiger partial charge is 0.493 e. The summed E-state index contributed by atoms with van der Waals surface area (Å²) in [7, 11) is 1.58. The average molecular weight is 391 g/mol. The third-order valence-corrected chi connectivity index (χ3v) is 5.50. The Morgan fingerprint density at radius 2 is 2.10 bits per heavy atom. The topological polar surface area (TPSA) is 56.8 Å². The van der Waals surface area contributed by atoms with Gasteiger partial charge in [0, 0.05) is 18.5 Å². The standard InChI is InChI=1S/C24H25NO4/c1-4-12-28-17-9-10-21-20(14-17)18-6-5-7-19(18)24(25-21)16-8-11-22(29-15(2)26)23(13-16)27-3/h4-6,8-11,13-14,18-19,24-25H,1,7,12H2,2-3H3. The summed E-state index contributed by atoms with van der Waals surface area (Å²) in [6.45, 7) is 5.59. The zero-order chi connectivity index (χ0) is 20.4. The summed E-state index contributed by atoms with van der Waals surface area (Å²) in [4.78, 5) is 11.3. The van der Waals surface area contributed by atoms with Crippen LogP contribution in [0.5, 0.6) is 17.2 Å². The fourth-order valence-electron chi connectivity index (χ4n) is 4.26. The highest BCUT2D eigenvalue weighted by molar-refractivity contribution is 5.70. The van der Waals surface area contributed by atoms with Gasteiger partial charge in [0.25, 0.3) is 0 Å². The van der Waals surface area contributed by atoms with Crippen molar-refractivity contribution in [1.82, 2.24) is 0 Å². The summed E-state index contributed by atoms with van der Waals surface area (Å²) < 4.78 is 16.4. The number of esters is 1. The first-order valence-corrected chi connectivity index (χ1v) is 9.78. The van der Waals surface area contributed by atoms with Gasteiger partial charge in [0.2, 0.25) is 0 Å². The van der Waals surface area contributed by atoms with Gasteiger partial charge in [0.1, 0.15) is 12.4 Å².